The van der Waals surface area contributed by atoms with Gasteiger partial charge in [-0.05, 0) is 92.8 Å². The zero-order valence-corrected chi connectivity index (χ0v) is 28.7. The quantitative estimate of drug-likeness (QED) is 0.170. The van der Waals surface area contributed by atoms with Crippen molar-refractivity contribution in [2.45, 2.75) is 0 Å². The molecule has 0 fully saturated rings. The monoisotopic (exact) mass is 677 g/mol. The van der Waals surface area contributed by atoms with Crippen molar-refractivity contribution in [3.05, 3.63) is 188 Å². The number of benzene rings is 9. The highest BCUT2D eigenvalue weighted by Gasteiger charge is 2.21. The summed E-state index contributed by atoms with van der Waals surface area (Å²) in [6, 6.07) is 66.8. The second kappa shape index (κ2) is 11.7. The zero-order valence-electron chi connectivity index (χ0n) is 28.7. The Morgan fingerprint density at radius 2 is 0.981 bits per heavy atom. The average Bonchev–Trinajstić information content (AvgIpc) is 3.80. The molecule has 11 rings (SSSR count). The fraction of sp³-hybridized carbons (Fsp3) is 0. The molecule has 0 aliphatic heterocycles. The van der Waals surface area contributed by atoms with Crippen LogP contribution in [-0.2, 0) is 0 Å². The number of rotatable bonds is 5. The van der Waals surface area contributed by atoms with E-state index in [0.29, 0.717) is 0 Å². The maximum atomic E-state index is 6.43. The van der Waals surface area contributed by atoms with Crippen molar-refractivity contribution in [2.75, 3.05) is 4.90 Å². The number of hydrogen-bond acceptors (Lipinski definition) is 3. The number of fused-ring (bicyclic) bond motifs is 9. The lowest BCUT2D eigenvalue weighted by Crippen LogP contribution is -2.10. The summed E-state index contributed by atoms with van der Waals surface area (Å²) < 4.78 is 12.8. The van der Waals surface area contributed by atoms with Crippen LogP contribution >= 0.6 is 0 Å². The largest absolute Gasteiger partial charge is 0.456 e. The van der Waals surface area contributed by atoms with Crippen LogP contribution in [0.2, 0.25) is 0 Å². The fourth-order valence-electron chi connectivity index (χ4n) is 8.24. The van der Waals surface area contributed by atoms with Crippen molar-refractivity contribution >= 4 is 82.5 Å². The topological polar surface area (TPSA) is 29.5 Å². The lowest BCUT2D eigenvalue weighted by Gasteiger charge is -2.27. The minimum atomic E-state index is 0.860. The third-order valence-corrected chi connectivity index (χ3v) is 10.6. The molecule has 0 aliphatic rings. The van der Waals surface area contributed by atoms with Gasteiger partial charge in [-0.1, -0.05) is 133 Å². The van der Waals surface area contributed by atoms with Gasteiger partial charge in [0, 0.05) is 33.1 Å². The Morgan fingerprint density at radius 1 is 0.340 bits per heavy atom. The smallest absolute Gasteiger partial charge is 0.143 e. The molecule has 2 aromatic heterocycles. The summed E-state index contributed by atoms with van der Waals surface area (Å²) in [5.41, 5.74) is 11.2. The van der Waals surface area contributed by atoms with Crippen molar-refractivity contribution in [2.24, 2.45) is 0 Å². The van der Waals surface area contributed by atoms with Crippen molar-refractivity contribution in [3.8, 4) is 22.3 Å². The molecule has 3 heteroatoms. The van der Waals surface area contributed by atoms with Crippen molar-refractivity contribution in [1.29, 1.82) is 0 Å². The Morgan fingerprint density at radius 3 is 1.83 bits per heavy atom. The van der Waals surface area contributed by atoms with Gasteiger partial charge in [0.2, 0.25) is 0 Å². The second-order valence-electron chi connectivity index (χ2n) is 13.7. The highest BCUT2D eigenvalue weighted by atomic mass is 16.3. The maximum Gasteiger partial charge on any atom is 0.143 e. The molecule has 53 heavy (non-hydrogen) atoms. The van der Waals surface area contributed by atoms with Crippen LogP contribution in [0.3, 0.4) is 0 Å². The molecule has 0 atom stereocenters. The standard InChI is InChI=1S/C50H31NO2/c1-2-15-37-34(12-1)31-44(40-17-4-3-16-39(37)40)33-13-9-14-36(30-33)51(45-22-11-25-48-49(45)43-19-6-8-24-47(43)52-48)35-28-26-32(27-29-35)38-20-10-21-42-41-18-5-7-23-46(41)53-50(38)42/h1-31H. The molecule has 11 aromatic rings. The number of hydrogen-bond donors (Lipinski definition) is 0. The summed E-state index contributed by atoms with van der Waals surface area (Å²) in [7, 11) is 0. The molecule has 0 N–H and O–H groups in total. The second-order valence-corrected chi connectivity index (χ2v) is 13.7. The van der Waals surface area contributed by atoms with Gasteiger partial charge in [-0.15, -0.1) is 0 Å². The molecule has 0 aliphatic carbocycles. The van der Waals surface area contributed by atoms with Gasteiger partial charge in [-0.2, -0.15) is 0 Å². The Bertz CT molecular complexity index is 3180. The molecule has 248 valence electrons. The van der Waals surface area contributed by atoms with Gasteiger partial charge in [0.1, 0.15) is 22.3 Å². The van der Waals surface area contributed by atoms with Gasteiger partial charge < -0.3 is 13.7 Å². The van der Waals surface area contributed by atoms with Gasteiger partial charge in [-0.3, -0.25) is 0 Å². The van der Waals surface area contributed by atoms with E-state index in [1.165, 1.54) is 27.1 Å². The number of nitrogens with zero attached hydrogens (tertiary/aromatic N) is 1. The van der Waals surface area contributed by atoms with E-state index in [9.17, 15) is 0 Å². The predicted molar refractivity (Wildman–Crippen MR) is 222 cm³/mol. The number of anilines is 3. The summed E-state index contributed by atoms with van der Waals surface area (Å²) in [5, 5.41) is 9.42. The van der Waals surface area contributed by atoms with Gasteiger partial charge >= 0.3 is 0 Å². The Hall–Kier alpha value is -7.10. The van der Waals surface area contributed by atoms with Gasteiger partial charge in [-0.25, -0.2) is 0 Å². The van der Waals surface area contributed by atoms with Gasteiger partial charge in [0.15, 0.2) is 0 Å². The van der Waals surface area contributed by atoms with Crippen LogP contribution in [0.1, 0.15) is 0 Å². The third kappa shape index (κ3) is 4.68. The number of furan rings is 2. The van der Waals surface area contributed by atoms with Crippen molar-refractivity contribution in [1.82, 2.24) is 0 Å². The normalized spacial score (nSPS) is 11.8. The summed E-state index contributed by atoms with van der Waals surface area (Å²) in [6.07, 6.45) is 0. The van der Waals surface area contributed by atoms with E-state index in [2.05, 4.69) is 169 Å². The van der Waals surface area contributed by atoms with Crippen LogP contribution in [0.5, 0.6) is 0 Å². The minimum absolute atomic E-state index is 0.860. The molecular weight excluding hydrogens is 647 g/mol. The molecule has 0 bridgehead atoms. The van der Waals surface area contributed by atoms with E-state index in [4.69, 9.17) is 8.83 Å². The maximum absolute atomic E-state index is 6.43. The van der Waals surface area contributed by atoms with Crippen molar-refractivity contribution in [3.63, 3.8) is 0 Å². The average molecular weight is 678 g/mol. The fourth-order valence-corrected chi connectivity index (χ4v) is 8.24. The third-order valence-electron chi connectivity index (χ3n) is 10.6. The lowest BCUT2D eigenvalue weighted by atomic mass is 9.93. The first kappa shape index (κ1) is 29.6. The number of para-hydroxylation sites is 3. The van der Waals surface area contributed by atoms with E-state index >= 15 is 0 Å². The molecule has 0 saturated carbocycles. The van der Waals surface area contributed by atoms with Crippen LogP contribution < -0.4 is 4.90 Å². The minimum Gasteiger partial charge on any atom is -0.456 e. The van der Waals surface area contributed by atoms with Crippen LogP contribution in [0.25, 0.3) is 87.7 Å². The van der Waals surface area contributed by atoms with E-state index in [1.807, 2.05) is 24.3 Å². The van der Waals surface area contributed by atoms with E-state index in [0.717, 1.165) is 77.6 Å². The van der Waals surface area contributed by atoms with Crippen LogP contribution in [0.15, 0.2) is 197 Å². The summed E-state index contributed by atoms with van der Waals surface area (Å²) in [4.78, 5) is 2.36. The highest BCUT2D eigenvalue weighted by molar-refractivity contribution is 6.15. The molecule has 0 spiro atoms. The molecule has 9 aromatic carbocycles. The highest BCUT2D eigenvalue weighted by Crippen LogP contribution is 2.45. The lowest BCUT2D eigenvalue weighted by molar-refractivity contribution is 0.669. The van der Waals surface area contributed by atoms with Gasteiger partial charge in [0.05, 0.1) is 11.1 Å². The summed E-state index contributed by atoms with van der Waals surface area (Å²) in [6.45, 7) is 0. The SMILES string of the molecule is c1cc(-c2cc3ccccc3c3ccccc23)cc(N(c2ccc(-c3cccc4c3oc3ccccc34)cc2)c2cccc3oc4ccccc4c23)c1. The Kier molecular flexibility index (Phi) is 6.55. The molecule has 0 unspecified atom stereocenters. The van der Waals surface area contributed by atoms with Gasteiger partial charge in [0.25, 0.3) is 0 Å². The summed E-state index contributed by atoms with van der Waals surface area (Å²) in [5.74, 6) is 0. The van der Waals surface area contributed by atoms with E-state index in [-0.39, 0.29) is 0 Å². The van der Waals surface area contributed by atoms with Crippen LogP contribution in [0, 0.1) is 0 Å². The van der Waals surface area contributed by atoms with E-state index < -0.39 is 0 Å². The van der Waals surface area contributed by atoms with Crippen molar-refractivity contribution < 1.29 is 8.83 Å². The molecule has 0 radical (unpaired) electrons. The Labute approximate surface area is 305 Å². The molecule has 3 nitrogen and oxygen atoms in total. The predicted octanol–water partition coefficient (Wildman–Crippen LogP) is 14.6. The first-order chi connectivity index (χ1) is 26.3. The molecular formula is C50H31NO2. The summed E-state index contributed by atoms with van der Waals surface area (Å²) >= 11 is 0. The van der Waals surface area contributed by atoms with E-state index in [1.54, 1.807) is 0 Å². The molecule has 2 heterocycles. The van der Waals surface area contributed by atoms with Crippen LogP contribution in [0.4, 0.5) is 17.1 Å². The molecule has 0 saturated heterocycles. The molecule has 0 amide bonds. The first-order valence-electron chi connectivity index (χ1n) is 18.0. The Balaban J connectivity index is 1.11. The first-order valence-corrected chi connectivity index (χ1v) is 18.0. The zero-order chi connectivity index (χ0) is 34.9. The van der Waals surface area contributed by atoms with Crippen LogP contribution in [-0.4, -0.2) is 0 Å².